The van der Waals surface area contributed by atoms with Gasteiger partial charge in [0.25, 0.3) is 0 Å². The summed E-state index contributed by atoms with van der Waals surface area (Å²) in [6, 6.07) is 6.12. The molecule has 0 saturated heterocycles. The van der Waals surface area contributed by atoms with E-state index < -0.39 is 0 Å². The van der Waals surface area contributed by atoms with Crippen molar-refractivity contribution in [2.24, 2.45) is 0 Å². The van der Waals surface area contributed by atoms with Crippen molar-refractivity contribution in [1.82, 2.24) is 0 Å². The van der Waals surface area contributed by atoms with Crippen molar-refractivity contribution in [3.8, 4) is 5.75 Å². The second-order valence-corrected chi connectivity index (χ2v) is 4.26. The minimum Gasteiger partial charge on any atom is -0.491 e. The average Bonchev–Trinajstić information content (AvgIpc) is 2.25. The number of rotatable bonds is 5. The fourth-order valence-electron chi connectivity index (χ4n) is 1.56. The van der Waals surface area contributed by atoms with Gasteiger partial charge in [-0.15, -0.1) is 0 Å². The van der Waals surface area contributed by atoms with E-state index in [9.17, 15) is 0 Å². The highest BCUT2D eigenvalue weighted by atomic mass is 16.5. The van der Waals surface area contributed by atoms with Gasteiger partial charge in [0.1, 0.15) is 12.4 Å². The fraction of sp³-hybridized carbons (Fsp3) is 0.429. The molecule has 16 heavy (non-hydrogen) atoms. The molecule has 0 radical (unpaired) electrons. The Morgan fingerprint density at radius 2 is 2.12 bits per heavy atom. The van der Waals surface area contributed by atoms with Gasteiger partial charge < -0.3 is 9.84 Å². The second-order valence-electron chi connectivity index (χ2n) is 4.26. The Morgan fingerprint density at radius 1 is 1.44 bits per heavy atom. The lowest BCUT2D eigenvalue weighted by Gasteiger charge is -2.15. The number of ether oxygens (including phenoxy) is 1. The highest BCUT2D eigenvalue weighted by molar-refractivity contribution is 5.63. The quantitative estimate of drug-likeness (QED) is 0.825. The number of aliphatic hydroxyl groups excluding tert-OH is 1. The fourth-order valence-corrected chi connectivity index (χ4v) is 1.56. The predicted molar refractivity (Wildman–Crippen MR) is 67.8 cm³/mol. The molecular formula is C14H20O2. The topological polar surface area (TPSA) is 29.5 Å². The van der Waals surface area contributed by atoms with Crippen LogP contribution in [0.15, 0.2) is 24.8 Å². The van der Waals surface area contributed by atoms with Crippen LogP contribution in [-0.2, 0) is 0 Å². The number of allylic oxidation sites excluding steroid dienone is 1. The van der Waals surface area contributed by atoms with E-state index >= 15 is 0 Å². The maximum absolute atomic E-state index is 8.79. The Morgan fingerprint density at radius 3 is 2.62 bits per heavy atom. The van der Waals surface area contributed by atoms with E-state index in [0.717, 1.165) is 16.9 Å². The number of hydrogen-bond acceptors (Lipinski definition) is 2. The van der Waals surface area contributed by atoms with Crippen molar-refractivity contribution in [3.63, 3.8) is 0 Å². The molecule has 2 heteroatoms. The maximum atomic E-state index is 8.79. The molecule has 0 saturated carbocycles. The highest BCUT2D eigenvalue weighted by Crippen LogP contribution is 2.29. The minimum absolute atomic E-state index is 0.0365. The van der Waals surface area contributed by atoms with Crippen molar-refractivity contribution in [2.75, 3.05) is 13.2 Å². The molecule has 0 aliphatic carbocycles. The lowest BCUT2D eigenvalue weighted by Crippen LogP contribution is -2.05. The van der Waals surface area contributed by atoms with Crippen LogP contribution in [-0.4, -0.2) is 18.3 Å². The van der Waals surface area contributed by atoms with Crippen molar-refractivity contribution in [1.29, 1.82) is 0 Å². The Balaban J connectivity index is 3.05. The molecule has 1 rings (SSSR count). The van der Waals surface area contributed by atoms with E-state index in [4.69, 9.17) is 9.84 Å². The number of benzene rings is 1. The first-order chi connectivity index (χ1) is 7.56. The Labute approximate surface area is 97.6 Å². The summed E-state index contributed by atoms with van der Waals surface area (Å²) in [5.41, 5.74) is 3.26. The van der Waals surface area contributed by atoms with Crippen molar-refractivity contribution in [3.05, 3.63) is 35.9 Å². The van der Waals surface area contributed by atoms with Crippen LogP contribution in [0.3, 0.4) is 0 Å². The van der Waals surface area contributed by atoms with Crippen LogP contribution in [0, 0.1) is 0 Å². The molecule has 0 fully saturated rings. The molecule has 0 spiro atoms. The van der Waals surface area contributed by atoms with E-state index in [1.165, 1.54) is 5.56 Å². The van der Waals surface area contributed by atoms with Gasteiger partial charge in [0, 0.05) is 0 Å². The summed E-state index contributed by atoms with van der Waals surface area (Å²) in [7, 11) is 0. The van der Waals surface area contributed by atoms with E-state index in [1.54, 1.807) is 0 Å². The zero-order valence-electron chi connectivity index (χ0n) is 10.3. The van der Waals surface area contributed by atoms with Crippen LogP contribution in [0.1, 0.15) is 37.8 Å². The summed E-state index contributed by atoms with van der Waals surface area (Å²) in [5.74, 6) is 1.26. The van der Waals surface area contributed by atoms with Crippen LogP contribution < -0.4 is 4.74 Å². The van der Waals surface area contributed by atoms with E-state index in [-0.39, 0.29) is 6.61 Å². The summed E-state index contributed by atoms with van der Waals surface area (Å²) in [6.07, 6.45) is 0. The van der Waals surface area contributed by atoms with Gasteiger partial charge in [-0.2, -0.15) is 0 Å². The van der Waals surface area contributed by atoms with Gasteiger partial charge >= 0.3 is 0 Å². The molecule has 0 bridgehead atoms. The van der Waals surface area contributed by atoms with Gasteiger partial charge in [0.15, 0.2) is 0 Å². The Hall–Kier alpha value is -1.28. The summed E-state index contributed by atoms with van der Waals surface area (Å²) in [4.78, 5) is 0. The zero-order valence-corrected chi connectivity index (χ0v) is 10.3. The van der Waals surface area contributed by atoms with E-state index in [0.29, 0.717) is 12.5 Å². The smallest absolute Gasteiger partial charge is 0.123 e. The predicted octanol–water partition coefficient (Wildman–Crippen LogP) is 3.21. The second kappa shape index (κ2) is 5.71. The van der Waals surface area contributed by atoms with Crippen LogP contribution in [0.2, 0.25) is 0 Å². The molecule has 2 nitrogen and oxygen atoms in total. The van der Waals surface area contributed by atoms with Gasteiger partial charge in [-0.05, 0) is 30.0 Å². The van der Waals surface area contributed by atoms with Gasteiger partial charge in [-0.1, -0.05) is 38.1 Å². The van der Waals surface area contributed by atoms with Gasteiger partial charge in [0.05, 0.1) is 6.61 Å². The molecule has 0 heterocycles. The van der Waals surface area contributed by atoms with Crippen molar-refractivity contribution < 1.29 is 9.84 Å². The number of hydrogen-bond donors (Lipinski definition) is 1. The van der Waals surface area contributed by atoms with Crippen LogP contribution >= 0.6 is 0 Å². The molecule has 88 valence electrons. The first-order valence-electron chi connectivity index (χ1n) is 5.59. The Bertz CT molecular complexity index is 367. The first-order valence-corrected chi connectivity index (χ1v) is 5.59. The number of aliphatic hydroxyl groups is 1. The normalized spacial score (nSPS) is 10.6. The summed E-state index contributed by atoms with van der Waals surface area (Å²) in [6.45, 7) is 10.5. The highest BCUT2D eigenvalue weighted by Gasteiger charge is 2.09. The van der Waals surface area contributed by atoms with Gasteiger partial charge in [-0.3, -0.25) is 0 Å². The Kier molecular flexibility index (Phi) is 4.56. The molecule has 0 atom stereocenters. The molecule has 1 aromatic carbocycles. The third-order valence-corrected chi connectivity index (χ3v) is 2.48. The van der Waals surface area contributed by atoms with E-state index in [1.807, 2.05) is 13.0 Å². The molecule has 1 aromatic rings. The summed E-state index contributed by atoms with van der Waals surface area (Å²) in [5, 5.41) is 8.79. The molecule has 1 N–H and O–H groups in total. The van der Waals surface area contributed by atoms with Crippen molar-refractivity contribution in [2.45, 2.75) is 26.7 Å². The first kappa shape index (κ1) is 12.8. The largest absolute Gasteiger partial charge is 0.491 e. The van der Waals surface area contributed by atoms with Gasteiger partial charge in [-0.25, -0.2) is 0 Å². The molecule has 0 aromatic heterocycles. The molecular weight excluding hydrogens is 200 g/mol. The third kappa shape index (κ3) is 3.11. The lowest BCUT2D eigenvalue weighted by molar-refractivity contribution is 0.200. The van der Waals surface area contributed by atoms with Crippen molar-refractivity contribution >= 4 is 5.57 Å². The third-order valence-electron chi connectivity index (χ3n) is 2.48. The van der Waals surface area contributed by atoms with E-state index in [2.05, 4.69) is 32.6 Å². The monoisotopic (exact) mass is 220 g/mol. The molecule has 0 unspecified atom stereocenters. The van der Waals surface area contributed by atoms with Crippen LogP contribution in [0.25, 0.3) is 5.57 Å². The van der Waals surface area contributed by atoms with Crippen LogP contribution in [0.5, 0.6) is 5.75 Å². The summed E-state index contributed by atoms with van der Waals surface area (Å²) < 4.78 is 5.55. The molecule has 0 amide bonds. The maximum Gasteiger partial charge on any atom is 0.123 e. The minimum atomic E-state index is 0.0365. The standard InChI is InChI=1S/C14H20O2/c1-10(2)12-5-6-13(11(3)4)14(9-12)16-8-7-15/h5-6,9,11,15H,1,7-8H2,2-4H3. The molecule has 0 aliphatic heterocycles. The SMILES string of the molecule is C=C(C)c1ccc(C(C)C)c(OCCO)c1. The molecule has 0 aliphatic rings. The van der Waals surface area contributed by atoms with Gasteiger partial charge in [0.2, 0.25) is 0 Å². The zero-order chi connectivity index (χ0) is 12.1. The van der Waals surface area contributed by atoms with Crippen LogP contribution in [0.4, 0.5) is 0 Å². The lowest BCUT2D eigenvalue weighted by atomic mass is 9.98. The summed E-state index contributed by atoms with van der Waals surface area (Å²) >= 11 is 0. The average molecular weight is 220 g/mol.